The number of amides is 2. The Morgan fingerprint density at radius 2 is 1.69 bits per heavy atom. The van der Waals surface area contributed by atoms with Gasteiger partial charge in [0.25, 0.3) is 0 Å². The lowest BCUT2D eigenvalue weighted by atomic mass is 10.1. The van der Waals surface area contributed by atoms with Gasteiger partial charge in [0.05, 0.1) is 6.04 Å². The number of alkyl halides is 3. The maximum absolute atomic E-state index is 12.2. The normalized spacial score (nSPS) is 12.4. The quantitative estimate of drug-likeness (QED) is 0.688. The van der Waals surface area contributed by atoms with Gasteiger partial charge in [0, 0.05) is 17.3 Å². The summed E-state index contributed by atoms with van der Waals surface area (Å²) < 4.78 is 40.2. The zero-order chi connectivity index (χ0) is 21.6. The number of benzene rings is 2. The van der Waals surface area contributed by atoms with Crippen LogP contribution in [0.4, 0.5) is 18.9 Å². The van der Waals surface area contributed by atoms with Crippen molar-refractivity contribution in [2.45, 2.75) is 12.4 Å². The van der Waals surface area contributed by atoms with E-state index in [1.165, 1.54) is 12.1 Å². The van der Waals surface area contributed by atoms with Crippen molar-refractivity contribution >= 4 is 29.1 Å². The zero-order valence-corrected chi connectivity index (χ0v) is 16.3. The van der Waals surface area contributed by atoms with Gasteiger partial charge in [-0.1, -0.05) is 29.8 Å². The first kappa shape index (κ1) is 22.5. The molecule has 10 heteroatoms. The number of likely N-dealkylation sites (N-methyl/N-ethyl adjacent to an activating group) is 1. The molecule has 1 unspecified atom stereocenters. The topological polar surface area (TPSA) is 70.7 Å². The van der Waals surface area contributed by atoms with Gasteiger partial charge in [0.1, 0.15) is 5.75 Å². The molecule has 2 N–H and O–H groups in total. The second-order valence-electron chi connectivity index (χ2n) is 6.24. The molecule has 2 rings (SSSR count). The number of ether oxygens (including phenoxy) is 1. The Kier molecular flexibility index (Phi) is 7.46. The molecule has 0 aliphatic heterocycles. The van der Waals surface area contributed by atoms with E-state index in [2.05, 4.69) is 15.4 Å². The summed E-state index contributed by atoms with van der Waals surface area (Å²) in [6.07, 6.45) is -4.81. The molecule has 0 heterocycles. The lowest BCUT2D eigenvalue weighted by Crippen LogP contribution is -2.40. The van der Waals surface area contributed by atoms with Gasteiger partial charge in [0.15, 0.2) is 0 Å². The van der Waals surface area contributed by atoms with Gasteiger partial charge >= 0.3 is 18.2 Å². The summed E-state index contributed by atoms with van der Waals surface area (Å²) in [6, 6.07) is 11.3. The molecule has 2 amide bonds. The van der Waals surface area contributed by atoms with Crippen LogP contribution in [0, 0.1) is 0 Å². The van der Waals surface area contributed by atoms with Crippen molar-refractivity contribution in [2.24, 2.45) is 0 Å². The fraction of sp³-hybridized carbons (Fsp3) is 0.263. The molecule has 6 nitrogen and oxygen atoms in total. The van der Waals surface area contributed by atoms with E-state index in [9.17, 15) is 22.8 Å². The molecule has 0 saturated heterocycles. The number of nitrogens with zero attached hydrogens (tertiary/aromatic N) is 1. The Morgan fingerprint density at radius 3 is 2.24 bits per heavy atom. The van der Waals surface area contributed by atoms with Crippen molar-refractivity contribution in [2.75, 3.05) is 26.0 Å². The third-order valence-corrected chi connectivity index (χ3v) is 4.24. The standard InChI is InChI=1S/C19H19ClF3N3O3/c1-26(2)16(14-5-3-4-6-15(14)20)11-24-17(27)18(28)25-12-7-9-13(10-8-12)29-19(21,22)23/h3-10,16H,11H2,1-2H3,(H,24,27)(H,25,28). The monoisotopic (exact) mass is 429 g/mol. The molecule has 0 fully saturated rings. The van der Waals surface area contributed by atoms with Crippen molar-refractivity contribution < 1.29 is 27.5 Å². The number of hydrogen-bond acceptors (Lipinski definition) is 4. The number of carbonyl (C=O) groups excluding carboxylic acids is 2. The summed E-state index contributed by atoms with van der Waals surface area (Å²) >= 11 is 6.20. The summed E-state index contributed by atoms with van der Waals surface area (Å²) in [5, 5.41) is 5.37. The van der Waals surface area contributed by atoms with Gasteiger partial charge in [-0.3, -0.25) is 9.59 Å². The Morgan fingerprint density at radius 1 is 1.07 bits per heavy atom. The highest BCUT2D eigenvalue weighted by Gasteiger charge is 2.31. The van der Waals surface area contributed by atoms with Crippen LogP contribution in [0.25, 0.3) is 0 Å². The minimum atomic E-state index is -4.81. The molecular formula is C19H19ClF3N3O3. The molecule has 0 spiro atoms. The summed E-state index contributed by atoms with van der Waals surface area (Å²) in [5.41, 5.74) is 0.940. The first-order valence-electron chi connectivity index (χ1n) is 8.42. The number of nitrogens with one attached hydrogen (secondary N) is 2. The average molecular weight is 430 g/mol. The molecule has 0 aliphatic rings. The van der Waals surface area contributed by atoms with Gasteiger partial charge in [-0.05, 0) is 50.0 Å². The summed E-state index contributed by atoms with van der Waals surface area (Å²) in [6.45, 7) is 0.126. The number of hydrogen-bond donors (Lipinski definition) is 2. The van der Waals surface area contributed by atoms with Crippen molar-refractivity contribution in [3.8, 4) is 5.75 Å². The van der Waals surface area contributed by atoms with Crippen LogP contribution in [-0.4, -0.2) is 43.7 Å². The van der Waals surface area contributed by atoms with E-state index in [1.54, 1.807) is 12.1 Å². The summed E-state index contributed by atoms with van der Waals surface area (Å²) in [5.74, 6) is -2.28. The van der Waals surface area contributed by atoms with Crippen LogP contribution >= 0.6 is 11.6 Å². The second-order valence-corrected chi connectivity index (χ2v) is 6.64. The molecule has 0 bridgehead atoms. The lowest BCUT2D eigenvalue weighted by Gasteiger charge is -2.25. The van der Waals surface area contributed by atoms with Gasteiger partial charge < -0.3 is 20.3 Å². The van der Waals surface area contributed by atoms with E-state index >= 15 is 0 Å². The van der Waals surface area contributed by atoms with Crippen molar-refractivity contribution in [3.05, 3.63) is 59.1 Å². The van der Waals surface area contributed by atoms with E-state index in [-0.39, 0.29) is 18.3 Å². The molecule has 0 saturated carbocycles. The summed E-state index contributed by atoms with van der Waals surface area (Å²) in [4.78, 5) is 26.0. The second kappa shape index (κ2) is 9.62. The minimum absolute atomic E-state index is 0.126. The first-order chi connectivity index (χ1) is 13.6. The van der Waals surface area contributed by atoms with E-state index in [0.717, 1.165) is 17.7 Å². The molecule has 2 aromatic rings. The Hall–Kier alpha value is -2.78. The largest absolute Gasteiger partial charge is 0.573 e. The van der Waals surface area contributed by atoms with Crippen LogP contribution in [0.3, 0.4) is 0 Å². The summed E-state index contributed by atoms with van der Waals surface area (Å²) in [7, 11) is 3.62. The van der Waals surface area contributed by atoms with Gasteiger partial charge in [-0.2, -0.15) is 0 Å². The molecule has 0 aromatic heterocycles. The Bertz CT molecular complexity index is 858. The SMILES string of the molecule is CN(C)C(CNC(=O)C(=O)Nc1ccc(OC(F)(F)F)cc1)c1ccccc1Cl. The van der Waals surface area contributed by atoms with Crippen LogP contribution < -0.4 is 15.4 Å². The van der Waals surface area contributed by atoms with Gasteiger partial charge in [0.2, 0.25) is 0 Å². The van der Waals surface area contributed by atoms with E-state index in [1.807, 2.05) is 31.1 Å². The van der Waals surface area contributed by atoms with Crippen molar-refractivity contribution in [1.82, 2.24) is 10.2 Å². The number of rotatable bonds is 6. The third-order valence-electron chi connectivity index (χ3n) is 3.90. The minimum Gasteiger partial charge on any atom is -0.406 e. The molecular weight excluding hydrogens is 411 g/mol. The predicted molar refractivity (Wildman–Crippen MR) is 103 cm³/mol. The smallest absolute Gasteiger partial charge is 0.406 e. The molecule has 0 radical (unpaired) electrons. The zero-order valence-electron chi connectivity index (χ0n) is 15.6. The van der Waals surface area contributed by atoms with E-state index < -0.39 is 23.9 Å². The van der Waals surface area contributed by atoms with Crippen LogP contribution in [0.1, 0.15) is 11.6 Å². The van der Waals surface area contributed by atoms with Crippen LogP contribution in [0.5, 0.6) is 5.75 Å². The van der Waals surface area contributed by atoms with Gasteiger partial charge in [-0.25, -0.2) is 0 Å². The van der Waals surface area contributed by atoms with E-state index in [4.69, 9.17) is 11.6 Å². The lowest BCUT2D eigenvalue weighted by molar-refractivity contribution is -0.274. The maximum Gasteiger partial charge on any atom is 0.573 e. The predicted octanol–water partition coefficient (Wildman–Crippen LogP) is 3.60. The van der Waals surface area contributed by atoms with E-state index in [0.29, 0.717) is 5.02 Å². The van der Waals surface area contributed by atoms with Crippen LogP contribution in [0.2, 0.25) is 5.02 Å². The Balaban J connectivity index is 1.94. The first-order valence-corrected chi connectivity index (χ1v) is 8.80. The highest BCUT2D eigenvalue weighted by atomic mass is 35.5. The number of halogens is 4. The van der Waals surface area contributed by atoms with Crippen molar-refractivity contribution in [3.63, 3.8) is 0 Å². The highest BCUT2D eigenvalue weighted by Crippen LogP contribution is 2.26. The third kappa shape index (κ3) is 6.95. The Labute approximate surface area is 170 Å². The number of anilines is 1. The number of carbonyl (C=O) groups is 2. The maximum atomic E-state index is 12.2. The fourth-order valence-electron chi connectivity index (χ4n) is 2.51. The average Bonchev–Trinajstić information content (AvgIpc) is 2.63. The van der Waals surface area contributed by atoms with Gasteiger partial charge in [-0.15, -0.1) is 13.2 Å². The molecule has 29 heavy (non-hydrogen) atoms. The van der Waals surface area contributed by atoms with Crippen LogP contribution in [0.15, 0.2) is 48.5 Å². The molecule has 1 atom stereocenters. The highest BCUT2D eigenvalue weighted by molar-refractivity contribution is 6.39. The fourth-order valence-corrected chi connectivity index (χ4v) is 2.78. The van der Waals surface area contributed by atoms with Crippen LogP contribution in [-0.2, 0) is 9.59 Å². The van der Waals surface area contributed by atoms with Crippen molar-refractivity contribution in [1.29, 1.82) is 0 Å². The molecule has 2 aromatic carbocycles. The molecule has 0 aliphatic carbocycles. The molecule has 156 valence electrons.